The zero-order valence-corrected chi connectivity index (χ0v) is 10.3. The van der Waals surface area contributed by atoms with Crippen LogP contribution in [0.3, 0.4) is 0 Å². The van der Waals surface area contributed by atoms with Gasteiger partial charge in [0, 0.05) is 24.7 Å². The quantitative estimate of drug-likeness (QED) is 0.899. The van der Waals surface area contributed by atoms with Crippen LogP contribution in [0, 0.1) is 5.92 Å². The minimum Gasteiger partial charge on any atom is -0.381 e. The Kier molecular flexibility index (Phi) is 3.37. The predicted octanol–water partition coefficient (Wildman–Crippen LogP) is 2.47. The maximum Gasteiger partial charge on any atom is 0.223 e. The van der Waals surface area contributed by atoms with E-state index in [2.05, 4.69) is 15.3 Å². The molecule has 0 radical (unpaired) electrons. The summed E-state index contributed by atoms with van der Waals surface area (Å²) in [6.07, 6.45) is 4.24. The van der Waals surface area contributed by atoms with Crippen molar-refractivity contribution in [2.24, 2.45) is 5.92 Å². The third-order valence-corrected chi connectivity index (χ3v) is 3.29. The molecule has 1 unspecified atom stereocenters. The molecule has 1 N–H and O–H groups in total. The van der Waals surface area contributed by atoms with Gasteiger partial charge in [-0.25, -0.2) is 9.97 Å². The van der Waals surface area contributed by atoms with Crippen LogP contribution in [0.5, 0.6) is 0 Å². The Morgan fingerprint density at radius 3 is 3.17 bits per heavy atom. The second-order valence-electron chi connectivity index (χ2n) is 4.72. The average Bonchev–Trinajstić information content (AvgIpc) is 2.46. The van der Waals surface area contributed by atoms with Crippen LogP contribution in [0.4, 0.5) is 5.95 Å². The number of nitrogens with one attached hydrogen (secondary N) is 1. The molecule has 0 bridgehead atoms. The number of hydrogen-bond acceptors (Lipinski definition) is 4. The van der Waals surface area contributed by atoms with Gasteiger partial charge in [-0.2, -0.15) is 0 Å². The van der Waals surface area contributed by atoms with Gasteiger partial charge in [-0.3, -0.25) is 0 Å². The highest BCUT2D eigenvalue weighted by Crippen LogP contribution is 2.15. The zero-order valence-electron chi connectivity index (χ0n) is 10.3. The number of rotatable bonds is 3. The van der Waals surface area contributed by atoms with E-state index in [4.69, 9.17) is 4.74 Å². The fraction of sp³-hybridized carbons (Fsp3) is 0.429. The van der Waals surface area contributed by atoms with Crippen molar-refractivity contribution in [3.8, 4) is 0 Å². The number of anilines is 1. The summed E-state index contributed by atoms with van der Waals surface area (Å²) >= 11 is 0. The molecule has 4 heteroatoms. The first kappa shape index (κ1) is 11.4. The normalized spacial score (nSPS) is 19.9. The minimum absolute atomic E-state index is 0.578. The summed E-state index contributed by atoms with van der Waals surface area (Å²) in [5.74, 6) is 1.29. The largest absolute Gasteiger partial charge is 0.381 e. The molecule has 1 saturated heterocycles. The Morgan fingerprint density at radius 2 is 2.28 bits per heavy atom. The highest BCUT2D eigenvalue weighted by atomic mass is 16.5. The second kappa shape index (κ2) is 5.31. The molecule has 4 nitrogen and oxygen atoms in total. The van der Waals surface area contributed by atoms with Gasteiger partial charge < -0.3 is 10.1 Å². The number of nitrogens with zero attached hydrogens (tertiary/aromatic N) is 2. The average molecular weight is 243 g/mol. The van der Waals surface area contributed by atoms with Crippen LogP contribution in [-0.2, 0) is 4.74 Å². The lowest BCUT2D eigenvalue weighted by atomic mass is 10.0. The van der Waals surface area contributed by atoms with Gasteiger partial charge in [-0.1, -0.05) is 18.2 Å². The minimum atomic E-state index is 0.578. The smallest absolute Gasteiger partial charge is 0.223 e. The third kappa shape index (κ3) is 2.59. The fourth-order valence-electron chi connectivity index (χ4n) is 2.26. The standard InChI is InChI=1S/C14H17N3O/c1-2-6-13-12(5-1)9-16-14(17-13)15-8-11-4-3-7-18-10-11/h1-2,5-6,9,11H,3-4,7-8,10H2,(H,15,16,17). The third-order valence-electron chi connectivity index (χ3n) is 3.29. The van der Waals surface area contributed by atoms with Crippen molar-refractivity contribution < 1.29 is 4.74 Å². The molecule has 0 spiro atoms. The molecule has 94 valence electrons. The highest BCUT2D eigenvalue weighted by molar-refractivity contribution is 5.78. The first-order valence-electron chi connectivity index (χ1n) is 6.45. The van der Waals surface area contributed by atoms with Gasteiger partial charge in [0.05, 0.1) is 12.1 Å². The zero-order chi connectivity index (χ0) is 12.2. The summed E-state index contributed by atoms with van der Waals surface area (Å²) in [5.41, 5.74) is 0.981. The Morgan fingerprint density at radius 1 is 1.33 bits per heavy atom. The van der Waals surface area contributed by atoms with E-state index in [1.165, 1.54) is 6.42 Å². The summed E-state index contributed by atoms with van der Waals surface area (Å²) in [6.45, 7) is 2.64. The van der Waals surface area contributed by atoms with E-state index in [0.29, 0.717) is 11.9 Å². The molecule has 2 aromatic rings. The Labute approximate surface area is 106 Å². The Hall–Kier alpha value is -1.68. The molecule has 1 aliphatic rings. The number of ether oxygens (including phenoxy) is 1. The lowest BCUT2D eigenvalue weighted by Gasteiger charge is -2.22. The van der Waals surface area contributed by atoms with E-state index in [9.17, 15) is 0 Å². The summed E-state index contributed by atoms with van der Waals surface area (Å²) in [7, 11) is 0. The molecule has 1 fully saturated rings. The second-order valence-corrected chi connectivity index (χ2v) is 4.72. The monoisotopic (exact) mass is 243 g/mol. The van der Waals surface area contributed by atoms with Crippen molar-refractivity contribution in [1.29, 1.82) is 0 Å². The van der Waals surface area contributed by atoms with Crippen LogP contribution in [-0.4, -0.2) is 29.7 Å². The maximum atomic E-state index is 5.46. The summed E-state index contributed by atoms with van der Waals surface area (Å²) in [6, 6.07) is 8.02. The molecule has 3 rings (SSSR count). The van der Waals surface area contributed by atoms with Gasteiger partial charge in [0.25, 0.3) is 0 Å². The van der Waals surface area contributed by atoms with Gasteiger partial charge >= 0.3 is 0 Å². The summed E-state index contributed by atoms with van der Waals surface area (Å²) in [5, 5.41) is 4.38. The van der Waals surface area contributed by atoms with Gasteiger partial charge in [0.1, 0.15) is 0 Å². The van der Waals surface area contributed by atoms with E-state index in [1.54, 1.807) is 0 Å². The number of para-hydroxylation sites is 1. The lowest BCUT2D eigenvalue weighted by molar-refractivity contribution is 0.0594. The van der Waals surface area contributed by atoms with Crippen molar-refractivity contribution in [3.63, 3.8) is 0 Å². The number of aromatic nitrogens is 2. The lowest BCUT2D eigenvalue weighted by Crippen LogP contribution is -2.24. The van der Waals surface area contributed by atoms with Crippen LogP contribution in [0.15, 0.2) is 30.5 Å². The molecule has 18 heavy (non-hydrogen) atoms. The number of fused-ring (bicyclic) bond motifs is 1. The Balaban J connectivity index is 1.66. The Bertz CT molecular complexity index is 523. The fourth-order valence-corrected chi connectivity index (χ4v) is 2.26. The number of benzene rings is 1. The molecule has 1 aromatic carbocycles. The van der Waals surface area contributed by atoms with Gasteiger partial charge in [0.15, 0.2) is 0 Å². The van der Waals surface area contributed by atoms with E-state index in [0.717, 1.165) is 37.1 Å². The van der Waals surface area contributed by atoms with Crippen molar-refractivity contribution in [3.05, 3.63) is 30.5 Å². The molecule has 2 heterocycles. The van der Waals surface area contributed by atoms with E-state index in [-0.39, 0.29) is 0 Å². The maximum absolute atomic E-state index is 5.46. The van der Waals surface area contributed by atoms with Crippen molar-refractivity contribution in [2.75, 3.05) is 25.1 Å². The number of hydrogen-bond donors (Lipinski definition) is 1. The molecule has 1 atom stereocenters. The van der Waals surface area contributed by atoms with Crippen LogP contribution in [0.25, 0.3) is 10.9 Å². The van der Waals surface area contributed by atoms with Gasteiger partial charge in [-0.15, -0.1) is 0 Å². The van der Waals surface area contributed by atoms with Gasteiger partial charge in [0.2, 0.25) is 5.95 Å². The predicted molar refractivity (Wildman–Crippen MR) is 71.6 cm³/mol. The van der Waals surface area contributed by atoms with Crippen LogP contribution in [0.2, 0.25) is 0 Å². The molecule has 0 amide bonds. The molecular weight excluding hydrogens is 226 g/mol. The first-order valence-corrected chi connectivity index (χ1v) is 6.45. The van der Waals surface area contributed by atoms with E-state index < -0.39 is 0 Å². The molecule has 1 aliphatic heterocycles. The van der Waals surface area contributed by atoms with E-state index in [1.807, 2.05) is 30.5 Å². The summed E-state index contributed by atoms with van der Waals surface area (Å²) in [4.78, 5) is 8.82. The summed E-state index contributed by atoms with van der Waals surface area (Å²) < 4.78 is 5.46. The molecule has 0 aliphatic carbocycles. The molecular formula is C14H17N3O. The van der Waals surface area contributed by atoms with Crippen LogP contribution in [0.1, 0.15) is 12.8 Å². The van der Waals surface area contributed by atoms with Crippen LogP contribution < -0.4 is 5.32 Å². The van der Waals surface area contributed by atoms with Crippen molar-refractivity contribution in [1.82, 2.24) is 9.97 Å². The van der Waals surface area contributed by atoms with Gasteiger partial charge in [-0.05, 0) is 24.8 Å². The van der Waals surface area contributed by atoms with Crippen molar-refractivity contribution >= 4 is 16.9 Å². The molecule has 0 saturated carbocycles. The van der Waals surface area contributed by atoms with Crippen molar-refractivity contribution in [2.45, 2.75) is 12.8 Å². The van der Waals surface area contributed by atoms with Crippen LogP contribution >= 0.6 is 0 Å². The first-order chi connectivity index (χ1) is 8.92. The SMILES string of the molecule is c1ccc2nc(NCC3CCCOC3)ncc2c1. The topological polar surface area (TPSA) is 47.0 Å². The highest BCUT2D eigenvalue weighted by Gasteiger charge is 2.13. The molecule has 1 aromatic heterocycles. The van der Waals surface area contributed by atoms with E-state index >= 15 is 0 Å².